The third kappa shape index (κ3) is 4.77. The van der Waals surface area contributed by atoms with E-state index < -0.39 is 5.97 Å². The van der Waals surface area contributed by atoms with Crippen LogP contribution < -0.4 is 0 Å². The Morgan fingerprint density at radius 2 is 1.71 bits per heavy atom. The van der Waals surface area contributed by atoms with Gasteiger partial charge in [0.1, 0.15) is 12.3 Å². The van der Waals surface area contributed by atoms with Crippen LogP contribution in [0.15, 0.2) is 78.9 Å². The molecular weight excluding hydrogens is 479 g/mol. The summed E-state index contributed by atoms with van der Waals surface area (Å²) in [7, 11) is 0. The van der Waals surface area contributed by atoms with Crippen LogP contribution in [-0.2, 0) is 17.9 Å². The number of aromatic nitrogens is 2. The predicted octanol–water partition coefficient (Wildman–Crippen LogP) is 8.32. The van der Waals surface area contributed by atoms with Crippen molar-refractivity contribution >= 4 is 51.0 Å². The molecule has 0 atom stereocenters. The summed E-state index contributed by atoms with van der Waals surface area (Å²) in [6, 6.07) is 24.9. The fraction of sp³-hybridized carbons (Fsp3) is 0.172. The summed E-state index contributed by atoms with van der Waals surface area (Å²) in [5, 5.41) is 3.31. The molecule has 0 aliphatic heterocycles. The molecule has 2 heterocycles. The Balaban J connectivity index is 1.66. The summed E-state index contributed by atoms with van der Waals surface area (Å²) in [6.45, 7) is 3.16. The van der Waals surface area contributed by atoms with Crippen LogP contribution in [0.2, 0.25) is 10.0 Å². The maximum Gasteiger partial charge on any atom is 0.357 e. The van der Waals surface area contributed by atoms with E-state index in [4.69, 9.17) is 32.9 Å². The first-order valence-electron chi connectivity index (χ1n) is 11.6. The summed E-state index contributed by atoms with van der Waals surface area (Å²) >= 11 is 12.2. The van der Waals surface area contributed by atoms with Gasteiger partial charge in [0, 0.05) is 38.4 Å². The highest BCUT2D eigenvalue weighted by atomic mass is 35.5. The number of pyridine rings is 1. The molecule has 0 spiro atoms. The van der Waals surface area contributed by atoms with E-state index in [0.717, 1.165) is 58.0 Å². The molecule has 176 valence electrons. The molecule has 0 aliphatic carbocycles. The predicted molar refractivity (Wildman–Crippen MR) is 143 cm³/mol. The van der Waals surface area contributed by atoms with E-state index >= 15 is 0 Å². The Hall–Kier alpha value is -3.34. The molecule has 5 rings (SSSR count). The Morgan fingerprint density at radius 3 is 2.49 bits per heavy atom. The van der Waals surface area contributed by atoms with Gasteiger partial charge in [0.05, 0.1) is 11.2 Å². The first-order chi connectivity index (χ1) is 17.0. The second-order valence-corrected chi connectivity index (χ2v) is 9.36. The number of ether oxygens (including phenoxy) is 1. The lowest BCUT2D eigenvalue weighted by Crippen LogP contribution is -2.09. The first-order valence-corrected chi connectivity index (χ1v) is 12.4. The van der Waals surface area contributed by atoms with E-state index in [9.17, 15) is 4.79 Å². The molecule has 0 aliphatic rings. The van der Waals surface area contributed by atoms with Gasteiger partial charge in [-0.25, -0.2) is 9.78 Å². The minimum Gasteiger partial charge on any atom is -0.456 e. The van der Waals surface area contributed by atoms with Crippen molar-refractivity contribution in [1.82, 2.24) is 9.55 Å². The van der Waals surface area contributed by atoms with Gasteiger partial charge in [0.25, 0.3) is 0 Å². The average molecular weight is 503 g/mol. The van der Waals surface area contributed by atoms with Crippen LogP contribution in [0, 0.1) is 0 Å². The molecule has 0 saturated heterocycles. The maximum absolute atomic E-state index is 13.2. The van der Waals surface area contributed by atoms with Crippen molar-refractivity contribution in [3.63, 3.8) is 0 Å². The van der Waals surface area contributed by atoms with Crippen LogP contribution in [0.3, 0.4) is 0 Å². The summed E-state index contributed by atoms with van der Waals surface area (Å²) in [6.07, 6.45) is 2.11. The molecule has 0 bridgehead atoms. The number of fused-ring (bicyclic) bond motifs is 3. The molecule has 4 nitrogen and oxygen atoms in total. The first kappa shape index (κ1) is 23.4. The zero-order valence-electron chi connectivity index (χ0n) is 19.3. The van der Waals surface area contributed by atoms with Gasteiger partial charge in [0.15, 0.2) is 0 Å². The van der Waals surface area contributed by atoms with Gasteiger partial charge in [-0.05, 0) is 48.4 Å². The lowest BCUT2D eigenvalue weighted by Gasteiger charge is -2.12. The number of halogens is 2. The molecule has 0 unspecified atom stereocenters. The van der Waals surface area contributed by atoms with Crippen LogP contribution in [0.25, 0.3) is 33.1 Å². The Kier molecular flexibility index (Phi) is 6.76. The van der Waals surface area contributed by atoms with Crippen LogP contribution in [0.1, 0.15) is 35.8 Å². The molecule has 6 heteroatoms. The summed E-state index contributed by atoms with van der Waals surface area (Å²) in [4.78, 5) is 18.0. The van der Waals surface area contributed by atoms with Crippen molar-refractivity contribution in [2.75, 3.05) is 0 Å². The Morgan fingerprint density at radius 1 is 0.914 bits per heavy atom. The van der Waals surface area contributed by atoms with Crippen molar-refractivity contribution in [3.8, 4) is 11.3 Å². The van der Waals surface area contributed by atoms with E-state index in [-0.39, 0.29) is 12.3 Å². The molecule has 0 radical (unpaired) electrons. The highest BCUT2D eigenvalue weighted by Crippen LogP contribution is 2.36. The van der Waals surface area contributed by atoms with Gasteiger partial charge >= 0.3 is 5.97 Å². The topological polar surface area (TPSA) is 44.1 Å². The van der Waals surface area contributed by atoms with E-state index in [2.05, 4.69) is 23.6 Å². The minimum atomic E-state index is -0.479. The van der Waals surface area contributed by atoms with Crippen molar-refractivity contribution in [2.45, 2.75) is 32.9 Å². The number of nitrogens with zero attached hydrogens (tertiary/aromatic N) is 2. The number of aryl methyl sites for hydroxylation is 1. The molecule has 0 fully saturated rings. The highest BCUT2D eigenvalue weighted by Gasteiger charge is 2.21. The smallest absolute Gasteiger partial charge is 0.357 e. The number of benzene rings is 3. The zero-order chi connectivity index (χ0) is 24.4. The SMILES string of the molecule is CCCCn1c2ccccc2c2cc(C(=O)OCc3cccc(Cl)c3)nc(-c3ccc(Cl)cc3)c21. The molecule has 35 heavy (non-hydrogen) atoms. The minimum absolute atomic E-state index is 0.119. The van der Waals surface area contributed by atoms with Crippen molar-refractivity contribution in [1.29, 1.82) is 0 Å². The number of hydrogen-bond donors (Lipinski definition) is 0. The standard InChI is InChI=1S/C29H24Cl2N2O2/c1-2-3-15-33-26-10-5-4-9-23(26)24-17-25(29(34)35-18-19-7-6-8-22(31)16-19)32-27(28(24)33)20-11-13-21(30)14-12-20/h4-14,16-17H,2-3,15,18H2,1H3. The third-order valence-corrected chi connectivity index (χ3v) is 6.56. The number of esters is 1. The number of rotatable bonds is 7. The number of carbonyl (C=O) groups is 1. The number of unbranched alkanes of at least 4 members (excludes halogenated alkanes) is 1. The van der Waals surface area contributed by atoms with E-state index in [1.54, 1.807) is 12.1 Å². The molecular formula is C29H24Cl2N2O2. The van der Waals surface area contributed by atoms with E-state index in [1.807, 2.05) is 54.6 Å². The van der Waals surface area contributed by atoms with Gasteiger partial charge in [-0.1, -0.05) is 79.0 Å². The molecule has 3 aromatic carbocycles. The monoisotopic (exact) mass is 502 g/mol. The van der Waals surface area contributed by atoms with Crippen molar-refractivity contribution in [3.05, 3.63) is 100 Å². The average Bonchev–Trinajstić information content (AvgIpc) is 3.19. The molecule has 2 aromatic heterocycles. The second kappa shape index (κ2) is 10.1. The quantitative estimate of drug-likeness (QED) is 0.210. The fourth-order valence-corrected chi connectivity index (χ4v) is 4.72. The summed E-state index contributed by atoms with van der Waals surface area (Å²) < 4.78 is 7.94. The lowest BCUT2D eigenvalue weighted by molar-refractivity contribution is 0.0466. The fourth-order valence-electron chi connectivity index (χ4n) is 4.39. The van der Waals surface area contributed by atoms with E-state index in [0.29, 0.717) is 10.0 Å². The lowest BCUT2D eigenvalue weighted by atomic mass is 10.1. The third-order valence-electron chi connectivity index (χ3n) is 6.07. The normalized spacial score (nSPS) is 11.3. The van der Waals surface area contributed by atoms with Gasteiger partial charge in [-0.15, -0.1) is 0 Å². The van der Waals surface area contributed by atoms with Crippen LogP contribution in [0.5, 0.6) is 0 Å². The van der Waals surface area contributed by atoms with Gasteiger partial charge < -0.3 is 9.30 Å². The van der Waals surface area contributed by atoms with Crippen LogP contribution in [-0.4, -0.2) is 15.5 Å². The maximum atomic E-state index is 13.2. The largest absolute Gasteiger partial charge is 0.456 e. The molecule has 5 aromatic rings. The van der Waals surface area contributed by atoms with Crippen molar-refractivity contribution < 1.29 is 9.53 Å². The van der Waals surface area contributed by atoms with Gasteiger partial charge in [0.2, 0.25) is 0 Å². The second-order valence-electron chi connectivity index (χ2n) is 8.49. The Bertz CT molecular complexity index is 1520. The molecule has 0 N–H and O–H groups in total. The summed E-state index contributed by atoms with van der Waals surface area (Å²) in [5.41, 5.74) is 4.85. The molecule has 0 amide bonds. The Labute approximate surface area is 214 Å². The number of para-hydroxylation sites is 1. The number of hydrogen-bond acceptors (Lipinski definition) is 3. The van der Waals surface area contributed by atoms with Crippen LogP contribution >= 0.6 is 23.2 Å². The molecule has 0 saturated carbocycles. The summed E-state index contributed by atoms with van der Waals surface area (Å²) in [5.74, 6) is -0.479. The van der Waals surface area contributed by atoms with Gasteiger partial charge in [-0.3, -0.25) is 0 Å². The number of carbonyl (C=O) groups excluding carboxylic acids is 1. The highest BCUT2D eigenvalue weighted by molar-refractivity contribution is 6.31. The van der Waals surface area contributed by atoms with Crippen molar-refractivity contribution in [2.24, 2.45) is 0 Å². The zero-order valence-corrected chi connectivity index (χ0v) is 20.8. The van der Waals surface area contributed by atoms with E-state index in [1.165, 1.54) is 0 Å². The van der Waals surface area contributed by atoms with Gasteiger partial charge in [-0.2, -0.15) is 0 Å². The van der Waals surface area contributed by atoms with Crippen LogP contribution in [0.4, 0.5) is 0 Å².